The van der Waals surface area contributed by atoms with Crippen molar-refractivity contribution in [3.8, 4) is 0 Å². The van der Waals surface area contributed by atoms with Gasteiger partial charge in [-0.1, -0.05) is 6.07 Å². The van der Waals surface area contributed by atoms with Crippen molar-refractivity contribution in [2.24, 2.45) is 0 Å². The standard InChI is InChI=1S/C8H9NO3S2/c10-7(6-2-1-3-14-6)9-5(4-13)8(11)12/h1-3,5,13H,4H2,(H,9,10)(H,11,12)/t5-/m0/s1. The number of amides is 1. The molecule has 0 aliphatic carbocycles. The molecule has 1 atom stereocenters. The van der Waals surface area contributed by atoms with Gasteiger partial charge in [0.15, 0.2) is 0 Å². The van der Waals surface area contributed by atoms with Gasteiger partial charge in [-0.15, -0.1) is 11.3 Å². The molecule has 1 heterocycles. The molecular weight excluding hydrogens is 222 g/mol. The molecular formula is C8H9NO3S2. The van der Waals surface area contributed by atoms with Crippen molar-refractivity contribution < 1.29 is 14.7 Å². The van der Waals surface area contributed by atoms with Crippen LogP contribution in [0.5, 0.6) is 0 Å². The van der Waals surface area contributed by atoms with Crippen molar-refractivity contribution in [3.63, 3.8) is 0 Å². The second kappa shape index (κ2) is 5.02. The van der Waals surface area contributed by atoms with Crippen LogP contribution in [0.3, 0.4) is 0 Å². The molecule has 0 fully saturated rings. The van der Waals surface area contributed by atoms with Crippen LogP contribution in [0.4, 0.5) is 0 Å². The van der Waals surface area contributed by atoms with Crippen LogP contribution in [-0.2, 0) is 4.79 Å². The van der Waals surface area contributed by atoms with Gasteiger partial charge < -0.3 is 10.4 Å². The molecule has 0 aromatic carbocycles. The molecule has 0 spiro atoms. The summed E-state index contributed by atoms with van der Waals surface area (Å²) in [6.07, 6.45) is 0. The summed E-state index contributed by atoms with van der Waals surface area (Å²) in [4.78, 5) is 22.5. The summed E-state index contributed by atoms with van der Waals surface area (Å²) in [5.74, 6) is -1.38. The molecule has 14 heavy (non-hydrogen) atoms. The van der Waals surface area contributed by atoms with E-state index in [0.717, 1.165) is 0 Å². The van der Waals surface area contributed by atoms with Crippen LogP contribution in [0.2, 0.25) is 0 Å². The Morgan fingerprint density at radius 3 is 2.79 bits per heavy atom. The Labute approximate surface area is 90.4 Å². The smallest absolute Gasteiger partial charge is 0.327 e. The number of hydrogen-bond acceptors (Lipinski definition) is 4. The molecule has 1 aromatic rings. The van der Waals surface area contributed by atoms with E-state index in [-0.39, 0.29) is 11.7 Å². The number of hydrogen-bond donors (Lipinski definition) is 3. The SMILES string of the molecule is O=C(N[C@@H](CS)C(=O)O)c1cccs1. The minimum atomic E-state index is -1.08. The Bertz CT molecular complexity index is 323. The molecule has 1 amide bonds. The minimum absolute atomic E-state index is 0.0758. The zero-order valence-electron chi connectivity index (χ0n) is 7.14. The molecule has 4 nitrogen and oxygen atoms in total. The first-order chi connectivity index (χ1) is 6.65. The molecule has 0 radical (unpaired) electrons. The van der Waals surface area contributed by atoms with Crippen molar-refractivity contribution in [1.29, 1.82) is 0 Å². The minimum Gasteiger partial charge on any atom is -0.480 e. The number of thiophene rings is 1. The first-order valence-corrected chi connectivity index (χ1v) is 5.34. The van der Waals surface area contributed by atoms with E-state index < -0.39 is 12.0 Å². The lowest BCUT2D eigenvalue weighted by Crippen LogP contribution is -2.41. The summed E-state index contributed by atoms with van der Waals surface area (Å²) in [7, 11) is 0. The highest BCUT2D eigenvalue weighted by Crippen LogP contribution is 2.08. The monoisotopic (exact) mass is 231 g/mol. The third kappa shape index (κ3) is 2.74. The molecule has 0 bridgehead atoms. The second-order valence-electron chi connectivity index (χ2n) is 2.52. The van der Waals surface area contributed by atoms with E-state index in [4.69, 9.17) is 5.11 Å². The van der Waals surface area contributed by atoms with Gasteiger partial charge in [-0.25, -0.2) is 4.79 Å². The van der Waals surface area contributed by atoms with E-state index in [9.17, 15) is 9.59 Å². The maximum Gasteiger partial charge on any atom is 0.327 e. The summed E-state index contributed by atoms with van der Waals surface area (Å²) in [5.41, 5.74) is 0. The summed E-state index contributed by atoms with van der Waals surface area (Å²) >= 11 is 5.10. The van der Waals surface area contributed by atoms with E-state index in [0.29, 0.717) is 4.88 Å². The lowest BCUT2D eigenvalue weighted by molar-refractivity contribution is -0.138. The highest BCUT2D eigenvalue weighted by molar-refractivity contribution is 7.80. The molecule has 1 rings (SSSR count). The van der Waals surface area contributed by atoms with Gasteiger partial charge in [0.2, 0.25) is 0 Å². The van der Waals surface area contributed by atoms with Crippen LogP contribution in [-0.4, -0.2) is 28.8 Å². The zero-order chi connectivity index (χ0) is 10.6. The van der Waals surface area contributed by atoms with Crippen molar-refractivity contribution >= 4 is 35.8 Å². The zero-order valence-corrected chi connectivity index (χ0v) is 8.85. The average molecular weight is 231 g/mol. The summed E-state index contributed by atoms with van der Waals surface area (Å²) < 4.78 is 0. The molecule has 0 aliphatic rings. The molecule has 76 valence electrons. The fourth-order valence-electron chi connectivity index (χ4n) is 0.823. The predicted molar refractivity (Wildman–Crippen MR) is 57.1 cm³/mol. The molecule has 1 aromatic heterocycles. The van der Waals surface area contributed by atoms with Gasteiger partial charge in [-0.3, -0.25) is 4.79 Å². The lowest BCUT2D eigenvalue weighted by atomic mass is 10.3. The van der Waals surface area contributed by atoms with Crippen LogP contribution in [0, 0.1) is 0 Å². The first-order valence-electron chi connectivity index (χ1n) is 3.83. The topological polar surface area (TPSA) is 66.4 Å². The van der Waals surface area contributed by atoms with Gasteiger partial charge in [0.1, 0.15) is 6.04 Å². The quantitative estimate of drug-likeness (QED) is 0.673. The third-order valence-electron chi connectivity index (χ3n) is 1.53. The van der Waals surface area contributed by atoms with Crippen molar-refractivity contribution in [1.82, 2.24) is 5.32 Å². The first kappa shape index (κ1) is 11.1. The number of carbonyl (C=O) groups excluding carboxylic acids is 1. The Morgan fingerprint density at radius 2 is 2.36 bits per heavy atom. The highest BCUT2D eigenvalue weighted by atomic mass is 32.1. The van der Waals surface area contributed by atoms with E-state index in [1.165, 1.54) is 11.3 Å². The summed E-state index contributed by atoms with van der Waals surface area (Å²) in [6.45, 7) is 0. The maximum atomic E-state index is 11.4. The van der Waals surface area contributed by atoms with Gasteiger partial charge in [-0.05, 0) is 11.4 Å². The number of aliphatic carboxylic acids is 1. The van der Waals surface area contributed by atoms with Crippen molar-refractivity contribution in [2.75, 3.05) is 5.75 Å². The molecule has 0 aliphatic heterocycles. The molecule has 0 saturated carbocycles. The van der Waals surface area contributed by atoms with Gasteiger partial charge in [0.05, 0.1) is 4.88 Å². The Kier molecular flexibility index (Phi) is 3.97. The fourth-order valence-corrected chi connectivity index (χ4v) is 1.70. The molecule has 0 unspecified atom stereocenters. The summed E-state index contributed by atoms with van der Waals surface area (Å²) in [5, 5.41) is 12.8. The largest absolute Gasteiger partial charge is 0.480 e. The Morgan fingerprint density at radius 1 is 1.64 bits per heavy atom. The van der Waals surface area contributed by atoms with Gasteiger partial charge in [0, 0.05) is 5.75 Å². The lowest BCUT2D eigenvalue weighted by Gasteiger charge is -2.10. The van der Waals surface area contributed by atoms with Crippen LogP contribution >= 0.6 is 24.0 Å². The van der Waals surface area contributed by atoms with E-state index in [2.05, 4.69) is 17.9 Å². The number of thiol groups is 1. The highest BCUT2D eigenvalue weighted by Gasteiger charge is 2.18. The van der Waals surface area contributed by atoms with Crippen molar-refractivity contribution in [2.45, 2.75) is 6.04 Å². The maximum absolute atomic E-state index is 11.4. The van der Waals surface area contributed by atoms with Crippen LogP contribution in [0.15, 0.2) is 17.5 Å². The number of carboxylic acid groups (broad SMARTS) is 1. The van der Waals surface area contributed by atoms with Gasteiger partial charge in [0.25, 0.3) is 5.91 Å². The summed E-state index contributed by atoms with van der Waals surface area (Å²) in [6, 6.07) is 2.43. The van der Waals surface area contributed by atoms with E-state index >= 15 is 0 Å². The Hall–Kier alpha value is -1.01. The van der Waals surface area contributed by atoms with Gasteiger partial charge in [-0.2, -0.15) is 12.6 Å². The number of rotatable bonds is 4. The third-order valence-corrected chi connectivity index (χ3v) is 2.76. The fraction of sp³-hybridized carbons (Fsp3) is 0.250. The second-order valence-corrected chi connectivity index (χ2v) is 3.84. The van der Waals surface area contributed by atoms with Crippen LogP contribution < -0.4 is 5.32 Å². The van der Waals surface area contributed by atoms with Crippen molar-refractivity contribution in [3.05, 3.63) is 22.4 Å². The normalized spacial score (nSPS) is 12.1. The van der Waals surface area contributed by atoms with E-state index in [1.807, 2.05) is 0 Å². The average Bonchev–Trinajstić information content (AvgIpc) is 2.65. The molecule has 6 heteroatoms. The molecule has 2 N–H and O–H groups in total. The number of nitrogens with one attached hydrogen (secondary N) is 1. The van der Waals surface area contributed by atoms with Gasteiger partial charge >= 0.3 is 5.97 Å². The molecule has 0 saturated heterocycles. The van der Waals surface area contributed by atoms with Crippen LogP contribution in [0.1, 0.15) is 9.67 Å². The van der Waals surface area contributed by atoms with E-state index in [1.54, 1.807) is 17.5 Å². The predicted octanol–water partition coefficient (Wildman–Crippen LogP) is 0.861. The van der Waals surface area contributed by atoms with Crippen LogP contribution in [0.25, 0.3) is 0 Å². The Balaban J connectivity index is 2.60. The number of carbonyl (C=O) groups is 2. The number of carboxylic acids is 1.